The van der Waals surface area contributed by atoms with Crippen LogP contribution in [0.3, 0.4) is 0 Å². The molecule has 0 saturated carbocycles. The fourth-order valence-corrected chi connectivity index (χ4v) is 3.22. The lowest BCUT2D eigenvalue weighted by molar-refractivity contribution is 0.0215. The molecule has 0 aliphatic carbocycles. The fraction of sp³-hybridized carbons (Fsp3) is 0.455. The van der Waals surface area contributed by atoms with E-state index in [0.717, 1.165) is 43.8 Å². The summed E-state index contributed by atoms with van der Waals surface area (Å²) in [5, 5.41) is 2.94. The SMILES string of the molecule is CC(C)COC1CCN(c2ccnc(C(=O)NCc3ccccc3)c2)CC1. The second-order valence-electron chi connectivity index (χ2n) is 7.48. The number of ether oxygens (including phenoxy) is 1. The monoisotopic (exact) mass is 367 g/mol. The number of benzene rings is 1. The molecule has 0 radical (unpaired) electrons. The van der Waals surface area contributed by atoms with Gasteiger partial charge >= 0.3 is 0 Å². The highest BCUT2D eigenvalue weighted by atomic mass is 16.5. The molecule has 1 aliphatic rings. The van der Waals surface area contributed by atoms with E-state index in [1.165, 1.54) is 0 Å². The van der Waals surface area contributed by atoms with Crippen LogP contribution < -0.4 is 10.2 Å². The van der Waals surface area contributed by atoms with Gasteiger partial charge in [-0.05, 0) is 36.5 Å². The van der Waals surface area contributed by atoms with Crippen molar-refractivity contribution in [3.63, 3.8) is 0 Å². The molecule has 1 fully saturated rings. The van der Waals surface area contributed by atoms with Crippen molar-refractivity contribution in [3.05, 3.63) is 59.9 Å². The number of rotatable bonds is 7. The molecular formula is C22H29N3O2. The summed E-state index contributed by atoms with van der Waals surface area (Å²) in [5.74, 6) is 0.427. The highest BCUT2D eigenvalue weighted by Gasteiger charge is 2.21. The number of hydrogen-bond donors (Lipinski definition) is 1. The third kappa shape index (κ3) is 5.79. The van der Waals surface area contributed by atoms with E-state index in [0.29, 0.717) is 24.3 Å². The second-order valence-corrected chi connectivity index (χ2v) is 7.48. The van der Waals surface area contributed by atoms with Crippen molar-refractivity contribution in [1.82, 2.24) is 10.3 Å². The van der Waals surface area contributed by atoms with Crippen LogP contribution in [0.25, 0.3) is 0 Å². The summed E-state index contributed by atoms with van der Waals surface area (Å²) < 4.78 is 5.96. The van der Waals surface area contributed by atoms with Crippen LogP contribution in [-0.2, 0) is 11.3 Å². The van der Waals surface area contributed by atoms with Crippen molar-refractivity contribution in [2.45, 2.75) is 39.3 Å². The zero-order chi connectivity index (χ0) is 19.1. The van der Waals surface area contributed by atoms with Crippen molar-refractivity contribution < 1.29 is 9.53 Å². The van der Waals surface area contributed by atoms with Crippen molar-refractivity contribution in [2.24, 2.45) is 5.92 Å². The average molecular weight is 367 g/mol. The highest BCUT2D eigenvalue weighted by molar-refractivity contribution is 5.93. The molecule has 2 heterocycles. The number of amides is 1. The molecule has 1 N–H and O–H groups in total. The third-order valence-corrected chi connectivity index (χ3v) is 4.74. The molecule has 2 aromatic rings. The van der Waals surface area contributed by atoms with Crippen molar-refractivity contribution in [2.75, 3.05) is 24.6 Å². The van der Waals surface area contributed by atoms with Gasteiger partial charge in [0.1, 0.15) is 5.69 Å². The zero-order valence-corrected chi connectivity index (χ0v) is 16.2. The van der Waals surface area contributed by atoms with Gasteiger partial charge in [0.2, 0.25) is 0 Å². The Hall–Kier alpha value is -2.40. The van der Waals surface area contributed by atoms with Gasteiger partial charge in [-0.1, -0.05) is 44.2 Å². The molecule has 5 nitrogen and oxygen atoms in total. The summed E-state index contributed by atoms with van der Waals surface area (Å²) >= 11 is 0. The normalized spacial score (nSPS) is 15.1. The molecule has 1 aromatic heterocycles. The van der Waals surface area contributed by atoms with Gasteiger partial charge in [-0.15, -0.1) is 0 Å². The molecule has 5 heteroatoms. The number of piperidine rings is 1. The molecule has 0 spiro atoms. The lowest BCUT2D eigenvalue weighted by atomic mass is 10.1. The van der Waals surface area contributed by atoms with Crippen LogP contribution >= 0.6 is 0 Å². The summed E-state index contributed by atoms with van der Waals surface area (Å²) in [4.78, 5) is 19.0. The Balaban J connectivity index is 1.53. The predicted molar refractivity (Wildman–Crippen MR) is 108 cm³/mol. The maximum atomic E-state index is 12.4. The first-order valence-electron chi connectivity index (χ1n) is 9.76. The van der Waals surface area contributed by atoms with E-state index >= 15 is 0 Å². The van der Waals surface area contributed by atoms with Crippen LogP contribution in [-0.4, -0.2) is 36.7 Å². The second kappa shape index (κ2) is 9.51. The Morgan fingerprint density at radius 1 is 1.22 bits per heavy atom. The Bertz CT molecular complexity index is 725. The minimum atomic E-state index is -0.143. The van der Waals surface area contributed by atoms with Crippen molar-refractivity contribution in [1.29, 1.82) is 0 Å². The number of pyridine rings is 1. The number of anilines is 1. The number of nitrogens with one attached hydrogen (secondary N) is 1. The molecule has 0 atom stereocenters. The standard InChI is InChI=1S/C22H29N3O2/c1-17(2)16-27-20-9-12-25(13-10-20)19-8-11-23-21(14-19)22(26)24-15-18-6-4-3-5-7-18/h3-8,11,14,17,20H,9-10,12-13,15-16H2,1-2H3,(H,24,26). The summed E-state index contributed by atoms with van der Waals surface area (Å²) in [6.07, 6.45) is 4.10. The van der Waals surface area contributed by atoms with Crippen LogP contribution in [0, 0.1) is 5.92 Å². The molecule has 144 valence electrons. The average Bonchev–Trinajstić information content (AvgIpc) is 2.71. The van der Waals surface area contributed by atoms with Crippen molar-refractivity contribution in [3.8, 4) is 0 Å². The smallest absolute Gasteiger partial charge is 0.270 e. The molecule has 0 unspecified atom stereocenters. The van der Waals surface area contributed by atoms with Gasteiger partial charge < -0.3 is 15.0 Å². The molecule has 3 rings (SSSR count). The first-order valence-corrected chi connectivity index (χ1v) is 9.76. The van der Waals surface area contributed by atoms with E-state index in [9.17, 15) is 4.79 Å². The van der Waals surface area contributed by atoms with Crippen LogP contribution in [0.4, 0.5) is 5.69 Å². The topological polar surface area (TPSA) is 54.5 Å². The molecule has 1 aliphatic heterocycles. The van der Waals surface area contributed by atoms with Crippen molar-refractivity contribution >= 4 is 11.6 Å². The fourth-order valence-electron chi connectivity index (χ4n) is 3.22. The summed E-state index contributed by atoms with van der Waals surface area (Å²) in [6.45, 7) is 7.57. The van der Waals surface area contributed by atoms with Gasteiger partial charge in [0.15, 0.2) is 0 Å². The maximum Gasteiger partial charge on any atom is 0.270 e. The van der Waals surface area contributed by atoms with Gasteiger partial charge in [0, 0.05) is 38.1 Å². The number of aromatic nitrogens is 1. The molecule has 0 bridgehead atoms. The number of carbonyl (C=O) groups excluding carboxylic acids is 1. The van der Waals surface area contributed by atoms with Crippen LogP contribution in [0.1, 0.15) is 42.7 Å². The summed E-state index contributed by atoms with van der Waals surface area (Å²) in [5.41, 5.74) is 2.59. The summed E-state index contributed by atoms with van der Waals surface area (Å²) in [7, 11) is 0. The van der Waals surface area contributed by atoms with Crippen LogP contribution in [0.2, 0.25) is 0 Å². The zero-order valence-electron chi connectivity index (χ0n) is 16.2. The minimum Gasteiger partial charge on any atom is -0.378 e. The Morgan fingerprint density at radius 3 is 2.67 bits per heavy atom. The van der Waals surface area contributed by atoms with Crippen LogP contribution in [0.15, 0.2) is 48.7 Å². The maximum absolute atomic E-state index is 12.4. The minimum absolute atomic E-state index is 0.143. The first-order chi connectivity index (χ1) is 13.1. The van der Waals surface area contributed by atoms with E-state index < -0.39 is 0 Å². The van der Waals surface area contributed by atoms with E-state index in [2.05, 4.69) is 29.0 Å². The molecule has 1 saturated heterocycles. The van der Waals surface area contributed by atoms with Gasteiger partial charge in [-0.3, -0.25) is 9.78 Å². The quantitative estimate of drug-likeness (QED) is 0.812. The summed E-state index contributed by atoms with van der Waals surface area (Å²) in [6, 6.07) is 13.8. The molecule has 1 amide bonds. The van der Waals surface area contributed by atoms with Gasteiger partial charge in [-0.25, -0.2) is 0 Å². The Kier molecular flexibility index (Phi) is 6.82. The first kappa shape index (κ1) is 19.4. The largest absolute Gasteiger partial charge is 0.378 e. The highest BCUT2D eigenvalue weighted by Crippen LogP contribution is 2.22. The van der Waals surface area contributed by atoms with Gasteiger partial charge in [0.05, 0.1) is 6.10 Å². The predicted octanol–water partition coefficient (Wildman–Crippen LogP) is 3.65. The van der Waals surface area contributed by atoms with E-state index in [-0.39, 0.29) is 5.91 Å². The lowest BCUT2D eigenvalue weighted by Gasteiger charge is -2.33. The van der Waals surface area contributed by atoms with Gasteiger partial charge in [0.25, 0.3) is 5.91 Å². The molecular weight excluding hydrogens is 338 g/mol. The number of nitrogens with zero attached hydrogens (tertiary/aromatic N) is 2. The number of hydrogen-bond acceptors (Lipinski definition) is 4. The Morgan fingerprint density at radius 2 is 1.96 bits per heavy atom. The van der Waals surface area contributed by atoms with E-state index in [4.69, 9.17) is 4.74 Å². The molecule has 1 aromatic carbocycles. The third-order valence-electron chi connectivity index (χ3n) is 4.74. The van der Waals surface area contributed by atoms with E-state index in [1.807, 2.05) is 42.5 Å². The van der Waals surface area contributed by atoms with E-state index in [1.54, 1.807) is 6.20 Å². The van der Waals surface area contributed by atoms with Crippen LogP contribution in [0.5, 0.6) is 0 Å². The molecule has 27 heavy (non-hydrogen) atoms. The number of carbonyl (C=O) groups is 1. The van der Waals surface area contributed by atoms with Gasteiger partial charge in [-0.2, -0.15) is 0 Å². The Labute approximate surface area is 161 Å². The lowest BCUT2D eigenvalue weighted by Crippen LogP contribution is -2.37.